The zero-order valence-electron chi connectivity index (χ0n) is 7.44. The van der Waals surface area contributed by atoms with E-state index in [9.17, 15) is 0 Å². The third kappa shape index (κ3) is 1.73. The van der Waals surface area contributed by atoms with E-state index in [1.165, 1.54) is 18.4 Å². The molecule has 0 spiro atoms. The second-order valence-electron chi connectivity index (χ2n) is 3.42. The zero-order valence-corrected chi connectivity index (χ0v) is 8.19. The number of halogens is 1. The summed E-state index contributed by atoms with van der Waals surface area (Å²) < 4.78 is 0. The Kier molecular flexibility index (Phi) is 2.32. The lowest BCUT2D eigenvalue weighted by Crippen LogP contribution is -2.01. The van der Waals surface area contributed by atoms with Crippen LogP contribution in [0.4, 0.5) is 11.4 Å². The van der Waals surface area contributed by atoms with Gasteiger partial charge in [-0.05, 0) is 37.0 Å². The number of benzene rings is 1. The minimum atomic E-state index is 0.747. The highest BCUT2D eigenvalue weighted by atomic mass is 35.5. The van der Waals surface area contributed by atoms with Gasteiger partial charge >= 0.3 is 0 Å². The average molecular weight is 197 g/mol. The second kappa shape index (κ2) is 3.46. The summed E-state index contributed by atoms with van der Waals surface area (Å²) in [4.78, 5) is 0. The summed E-state index contributed by atoms with van der Waals surface area (Å²) in [5.74, 6) is 0. The van der Waals surface area contributed by atoms with Gasteiger partial charge in [-0.15, -0.1) is 0 Å². The van der Waals surface area contributed by atoms with Crippen LogP contribution in [-0.2, 0) is 6.42 Å². The van der Waals surface area contributed by atoms with Crippen LogP contribution in [0.3, 0.4) is 0 Å². The van der Waals surface area contributed by atoms with Crippen LogP contribution < -0.4 is 11.1 Å². The first-order chi connectivity index (χ1) is 6.27. The highest BCUT2D eigenvalue weighted by Crippen LogP contribution is 2.31. The first-order valence-corrected chi connectivity index (χ1v) is 4.97. The summed E-state index contributed by atoms with van der Waals surface area (Å²) in [7, 11) is 0. The van der Waals surface area contributed by atoms with E-state index in [0.29, 0.717) is 0 Å². The monoisotopic (exact) mass is 196 g/mol. The summed E-state index contributed by atoms with van der Waals surface area (Å²) in [6, 6.07) is 3.82. The van der Waals surface area contributed by atoms with Crippen LogP contribution in [-0.4, -0.2) is 6.54 Å². The normalized spacial score (nSPS) is 15.8. The van der Waals surface area contributed by atoms with Crippen LogP contribution in [0.15, 0.2) is 12.1 Å². The molecule has 0 bridgehead atoms. The maximum Gasteiger partial charge on any atom is 0.0660 e. The third-order valence-corrected chi connectivity index (χ3v) is 2.67. The van der Waals surface area contributed by atoms with Crippen LogP contribution >= 0.6 is 11.6 Å². The summed E-state index contributed by atoms with van der Waals surface area (Å²) in [5.41, 5.74) is 8.81. The third-order valence-electron chi connectivity index (χ3n) is 2.37. The SMILES string of the molecule is Nc1cc(Cl)c2c(c1)CCCCN2. The zero-order chi connectivity index (χ0) is 9.26. The van der Waals surface area contributed by atoms with Crippen molar-refractivity contribution in [3.8, 4) is 0 Å². The van der Waals surface area contributed by atoms with Crippen LogP contribution in [0, 0.1) is 0 Å². The van der Waals surface area contributed by atoms with E-state index in [2.05, 4.69) is 5.32 Å². The molecule has 0 radical (unpaired) electrons. The molecular formula is C10H13ClN2. The smallest absolute Gasteiger partial charge is 0.0660 e. The van der Waals surface area contributed by atoms with Crippen LogP contribution in [0.25, 0.3) is 0 Å². The Balaban J connectivity index is 2.47. The minimum Gasteiger partial charge on any atom is -0.399 e. The predicted octanol–water partition coefficient (Wildman–Crippen LogP) is 2.67. The fourth-order valence-corrected chi connectivity index (χ4v) is 2.05. The molecule has 0 saturated heterocycles. The van der Waals surface area contributed by atoms with Crippen molar-refractivity contribution < 1.29 is 0 Å². The molecule has 2 nitrogen and oxygen atoms in total. The van der Waals surface area contributed by atoms with Crippen molar-refractivity contribution in [3.63, 3.8) is 0 Å². The lowest BCUT2D eigenvalue weighted by Gasteiger charge is -2.10. The molecule has 70 valence electrons. The van der Waals surface area contributed by atoms with Crippen LogP contribution in [0.1, 0.15) is 18.4 Å². The van der Waals surface area contributed by atoms with Crippen molar-refractivity contribution in [3.05, 3.63) is 22.7 Å². The molecule has 3 N–H and O–H groups in total. The molecule has 0 amide bonds. The lowest BCUT2D eigenvalue weighted by molar-refractivity contribution is 0.786. The molecular weight excluding hydrogens is 184 g/mol. The maximum atomic E-state index is 6.08. The van der Waals surface area contributed by atoms with E-state index in [-0.39, 0.29) is 0 Å². The molecule has 0 fully saturated rings. The molecule has 2 rings (SSSR count). The Bertz CT molecular complexity index is 323. The molecule has 0 saturated carbocycles. The van der Waals surface area contributed by atoms with Gasteiger partial charge in [-0.2, -0.15) is 0 Å². The van der Waals surface area contributed by atoms with Gasteiger partial charge < -0.3 is 11.1 Å². The van der Waals surface area contributed by atoms with Crippen molar-refractivity contribution in [1.82, 2.24) is 0 Å². The van der Waals surface area contributed by atoms with Gasteiger partial charge in [-0.3, -0.25) is 0 Å². The number of nitrogens with two attached hydrogens (primary N) is 1. The van der Waals surface area contributed by atoms with E-state index in [1.54, 1.807) is 6.07 Å². The topological polar surface area (TPSA) is 38.0 Å². The standard InChI is InChI=1S/C10H13ClN2/c11-9-6-8(12)5-7-3-1-2-4-13-10(7)9/h5-6,13H,1-4,12H2. The summed E-state index contributed by atoms with van der Waals surface area (Å²) in [6.45, 7) is 1.01. The number of hydrogen-bond acceptors (Lipinski definition) is 2. The summed E-state index contributed by atoms with van der Waals surface area (Å²) in [6.07, 6.45) is 3.48. The van der Waals surface area contributed by atoms with Gasteiger partial charge in [0, 0.05) is 12.2 Å². The number of aryl methyl sites for hydroxylation is 1. The van der Waals surface area contributed by atoms with Crippen molar-refractivity contribution in [2.75, 3.05) is 17.6 Å². The lowest BCUT2D eigenvalue weighted by atomic mass is 10.1. The number of rotatable bonds is 0. The molecule has 13 heavy (non-hydrogen) atoms. The molecule has 1 aromatic rings. The number of fused-ring (bicyclic) bond motifs is 1. The van der Waals surface area contributed by atoms with E-state index in [1.807, 2.05) is 6.07 Å². The van der Waals surface area contributed by atoms with Gasteiger partial charge in [0.1, 0.15) is 0 Å². The van der Waals surface area contributed by atoms with E-state index < -0.39 is 0 Å². The second-order valence-corrected chi connectivity index (χ2v) is 3.83. The van der Waals surface area contributed by atoms with Crippen molar-refractivity contribution in [2.45, 2.75) is 19.3 Å². The number of hydrogen-bond donors (Lipinski definition) is 2. The van der Waals surface area contributed by atoms with Crippen LogP contribution in [0.5, 0.6) is 0 Å². The quantitative estimate of drug-likeness (QED) is 0.627. The van der Waals surface area contributed by atoms with Crippen molar-refractivity contribution in [1.29, 1.82) is 0 Å². The molecule has 0 aliphatic carbocycles. The first-order valence-electron chi connectivity index (χ1n) is 4.59. The average Bonchev–Trinajstić information content (AvgIpc) is 2.28. The van der Waals surface area contributed by atoms with Gasteiger partial charge in [0.2, 0.25) is 0 Å². The van der Waals surface area contributed by atoms with Gasteiger partial charge in [-0.1, -0.05) is 11.6 Å². The molecule has 0 unspecified atom stereocenters. The van der Waals surface area contributed by atoms with E-state index in [4.69, 9.17) is 17.3 Å². The van der Waals surface area contributed by atoms with Crippen molar-refractivity contribution >= 4 is 23.0 Å². The van der Waals surface area contributed by atoms with Gasteiger partial charge in [0.05, 0.1) is 10.7 Å². The molecule has 1 aliphatic rings. The maximum absolute atomic E-state index is 6.08. The Hall–Kier alpha value is -0.890. The Labute approximate surface area is 83.1 Å². The predicted molar refractivity (Wildman–Crippen MR) is 57.3 cm³/mol. The molecule has 3 heteroatoms. The van der Waals surface area contributed by atoms with Crippen LogP contribution in [0.2, 0.25) is 5.02 Å². The largest absolute Gasteiger partial charge is 0.399 e. The van der Waals surface area contributed by atoms with Gasteiger partial charge in [-0.25, -0.2) is 0 Å². The summed E-state index contributed by atoms with van der Waals surface area (Å²) in [5, 5.41) is 4.08. The number of nitrogen functional groups attached to an aromatic ring is 1. The van der Waals surface area contributed by atoms with E-state index >= 15 is 0 Å². The fourth-order valence-electron chi connectivity index (χ4n) is 1.74. The fraction of sp³-hybridized carbons (Fsp3) is 0.400. The summed E-state index contributed by atoms with van der Waals surface area (Å²) >= 11 is 6.08. The van der Waals surface area contributed by atoms with Gasteiger partial charge in [0.15, 0.2) is 0 Å². The molecule has 0 atom stereocenters. The number of anilines is 2. The minimum absolute atomic E-state index is 0.747. The first kappa shape index (κ1) is 8.70. The Morgan fingerprint density at radius 1 is 1.31 bits per heavy atom. The molecule has 1 heterocycles. The van der Waals surface area contributed by atoms with E-state index in [0.717, 1.165) is 29.4 Å². The Morgan fingerprint density at radius 2 is 2.15 bits per heavy atom. The highest BCUT2D eigenvalue weighted by Gasteiger charge is 2.10. The molecule has 1 aliphatic heterocycles. The van der Waals surface area contributed by atoms with Crippen molar-refractivity contribution in [2.24, 2.45) is 0 Å². The van der Waals surface area contributed by atoms with Gasteiger partial charge in [0.25, 0.3) is 0 Å². The Morgan fingerprint density at radius 3 is 3.00 bits per heavy atom. The molecule has 0 aromatic heterocycles. The molecule has 1 aromatic carbocycles. The highest BCUT2D eigenvalue weighted by molar-refractivity contribution is 6.33. The number of nitrogens with one attached hydrogen (secondary N) is 1.